The Morgan fingerprint density at radius 1 is 0.929 bits per heavy atom. The first-order valence-corrected chi connectivity index (χ1v) is 14.4. The number of rotatable bonds is 10. The highest BCUT2D eigenvalue weighted by Crippen LogP contribution is 2.44. The molecule has 0 bridgehead atoms. The molecule has 6 heteroatoms. The lowest BCUT2D eigenvalue weighted by Gasteiger charge is -2.29. The molecular formula is C36H34N2O4. The predicted molar refractivity (Wildman–Crippen MR) is 165 cm³/mol. The molecule has 0 aromatic heterocycles. The van der Waals surface area contributed by atoms with E-state index in [-0.39, 0.29) is 18.6 Å². The van der Waals surface area contributed by atoms with E-state index in [1.165, 1.54) is 0 Å². The maximum Gasteiger partial charge on any atom is 0.253 e. The summed E-state index contributed by atoms with van der Waals surface area (Å²) in [5.74, 6) is 0.954. The third-order valence-electron chi connectivity index (χ3n) is 7.98. The van der Waals surface area contributed by atoms with Crippen molar-refractivity contribution in [2.24, 2.45) is 4.99 Å². The second kappa shape index (κ2) is 12.0. The van der Waals surface area contributed by atoms with Crippen LogP contribution in [0.2, 0.25) is 0 Å². The van der Waals surface area contributed by atoms with Gasteiger partial charge in [-0.2, -0.15) is 0 Å². The Kier molecular flexibility index (Phi) is 7.89. The van der Waals surface area contributed by atoms with Crippen LogP contribution in [0.25, 0.3) is 17.2 Å². The minimum Gasteiger partial charge on any atom is -0.494 e. The van der Waals surface area contributed by atoms with Crippen LogP contribution in [0, 0.1) is 0 Å². The molecule has 212 valence electrons. The zero-order valence-electron chi connectivity index (χ0n) is 23.6. The van der Waals surface area contributed by atoms with Crippen molar-refractivity contribution >= 4 is 17.9 Å². The van der Waals surface area contributed by atoms with Crippen molar-refractivity contribution in [2.75, 3.05) is 13.2 Å². The van der Waals surface area contributed by atoms with Crippen LogP contribution in [0.1, 0.15) is 48.1 Å². The number of carbonyl (C=O) groups is 1. The number of hydrogen-bond acceptors (Lipinski definition) is 5. The number of aliphatic hydroxyl groups excluding tert-OH is 1. The number of amides is 1. The van der Waals surface area contributed by atoms with Crippen molar-refractivity contribution in [3.8, 4) is 16.9 Å². The third-order valence-corrected chi connectivity index (χ3v) is 7.98. The first-order valence-electron chi connectivity index (χ1n) is 14.4. The molecule has 2 aliphatic rings. The molecule has 1 aliphatic heterocycles. The van der Waals surface area contributed by atoms with Gasteiger partial charge in [0.1, 0.15) is 11.9 Å². The van der Waals surface area contributed by atoms with Gasteiger partial charge in [-0.1, -0.05) is 91.0 Å². The maximum atomic E-state index is 14.4. The molecule has 2 atom stereocenters. The van der Waals surface area contributed by atoms with Gasteiger partial charge in [0.15, 0.2) is 5.54 Å². The molecule has 0 radical (unpaired) electrons. The summed E-state index contributed by atoms with van der Waals surface area (Å²) >= 11 is 0. The van der Waals surface area contributed by atoms with Gasteiger partial charge in [0.05, 0.1) is 12.6 Å². The lowest BCUT2D eigenvalue weighted by molar-refractivity contribution is -0.128. The molecular weight excluding hydrogens is 524 g/mol. The monoisotopic (exact) mass is 558 g/mol. The van der Waals surface area contributed by atoms with Gasteiger partial charge in [0.25, 0.3) is 5.91 Å². The Morgan fingerprint density at radius 2 is 1.57 bits per heavy atom. The average Bonchev–Trinajstić information content (AvgIpc) is 3.53. The number of carbonyl (C=O) groups excluding carboxylic acids is 1. The molecule has 0 saturated carbocycles. The minimum absolute atomic E-state index is 0.0848. The Labute approximate surface area is 246 Å². The number of aliphatic hydroxyl groups is 1. The van der Waals surface area contributed by atoms with Crippen LogP contribution in [0.5, 0.6) is 5.75 Å². The molecule has 6 nitrogen and oxygen atoms in total. The number of aliphatic imine (C=N–C) groups is 1. The van der Waals surface area contributed by atoms with Crippen LogP contribution in [-0.2, 0) is 9.53 Å². The molecule has 0 spiro atoms. The zero-order valence-corrected chi connectivity index (χ0v) is 23.6. The molecule has 1 amide bonds. The second-order valence-electron chi connectivity index (χ2n) is 10.6. The van der Waals surface area contributed by atoms with E-state index in [2.05, 4.69) is 29.6 Å². The van der Waals surface area contributed by atoms with E-state index in [9.17, 15) is 4.79 Å². The van der Waals surface area contributed by atoms with Gasteiger partial charge < -0.3 is 19.9 Å². The Bertz CT molecular complexity index is 1570. The summed E-state index contributed by atoms with van der Waals surface area (Å²) in [7, 11) is 0. The molecule has 1 aliphatic carbocycles. The number of hydrogen-bond donors (Lipinski definition) is 2. The fourth-order valence-corrected chi connectivity index (χ4v) is 5.69. The highest BCUT2D eigenvalue weighted by Gasteiger charge is 2.50. The van der Waals surface area contributed by atoms with Crippen LogP contribution in [0.3, 0.4) is 0 Å². The van der Waals surface area contributed by atoms with Crippen molar-refractivity contribution < 1.29 is 19.4 Å². The van der Waals surface area contributed by atoms with Crippen LogP contribution < -0.4 is 10.1 Å². The summed E-state index contributed by atoms with van der Waals surface area (Å²) in [6.07, 6.45) is 4.47. The molecule has 42 heavy (non-hydrogen) atoms. The van der Waals surface area contributed by atoms with E-state index in [1.54, 1.807) is 0 Å². The summed E-state index contributed by atoms with van der Waals surface area (Å²) in [5, 5.41) is 12.4. The summed E-state index contributed by atoms with van der Waals surface area (Å²) in [6, 6.07) is 33.7. The molecule has 4 aromatic carbocycles. The van der Waals surface area contributed by atoms with E-state index in [0.29, 0.717) is 31.1 Å². The summed E-state index contributed by atoms with van der Waals surface area (Å²) < 4.78 is 12.0. The van der Waals surface area contributed by atoms with Gasteiger partial charge in [0.2, 0.25) is 5.90 Å². The van der Waals surface area contributed by atoms with Gasteiger partial charge in [-0.25, -0.2) is 4.99 Å². The van der Waals surface area contributed by atoms with Gasteiger partial charge in [0, 0.05) is 25.0 Å². The Hall–Kier alpha value is -4.68. The van der Waals surface area contributed by atoms with Crippen LogP contribution >= 0.6 is 0 Å². The van der Waals surface area contributed by atoms with E-state index in [1.807, 2.05) is 97.9 Å². The molecule has 2 N–H and O–H groups in total. The zero-order chi connectivity index (χ0) is 28.9. The van der Waals surface area contributed by atoms with Gasteiger partial charge >= 0.3 is 0 Å². The summed E-state index contributed by atoms with van der Waals surface area (Å²) in [4.78, 5) is 19.4. The first kappa shape index (κ1) is 27.5. The van der Waals surface area contributed by atoms with E-state index >= 15 is 0 Å². The molecule has 1 heterocycles. The third kappa shape index (κ3) is 5.33. The first-order chi connectivity index (χ1) is 20.6. The molecule has 0 unspecified atom stereocenters. The average molecular weight is 559 g/mol. The number of nitrogens with one attached hydrogen (secondary N) is 1. The van der Waals surface area contributed by atoms with E-state index < -0.39 is 11.6 Å². The summed E-state index contributed by atoms with van der Waals surface area (Å²) in [6.45, 7) is 2.44. The van der Waals surface area contributed by atoms with Crippen LogP contribution in [0.4, 0.5) is 0 Å². The largest absolute Gasteiger partial charge is 0.494 e. The lowest BCUT2D eigenvalue weighted by atomic mass is 9.88. The quantitative estimate of drug-likeness (QED) is 0.223. The van der Waals surface area contributed by atoms with Crippen LogP contribution in [0.15, 0.2) is 114 Å². The SMILES string of the molecule is C[C@H]1OC(c2ccc(OCCCO)cc2)=N[C@@]1(C/C=C/c1ccccc1)C(=O)NC1c2ccccc2-c2ccccc21. The maximum absolute atomic E-state index is 14.4. The fraction of sp³-hybridized carbons (Fsp3) is 0.222. The topological polar surface area (TPSA) is 80.2 Å². The normalized spacial score (nSPS) is 19.2. The van der Waals surface area contributed by atoms with Crippen molar-refractivity contribution in [3.05, 3.63) is 131 Å². The Morgan fingerprint density at radius 3 is 2.24 bits per heavy atom. The molecule has 6 rings (SSSR count). The van der Waals surface area contributed by atoms with Gasteiger partial charge in [-0.15, -0.1) is 0 Å². The second-order valence-corrected chi connectivity index (χ2v) is 10.6. The number of nitrogens with zero attached hydrogens (tertiary/aromatic N) is 1. The van der Waals surface area contributed by atoms with Crippen molar-refractivity contribution in [1.29, 1.82) is 0 Å². The number of fused-ring (bicyclic) bond motifs is 3. The number of ether oxygens (including phenoxy) is 2. The fourth-order valence-electron chi connectivity index (χ4n) is 5.69. The Balaban J connectivity index is 1.32. The standard InChI is InChI=1S/C36H34N2O4/c1-25-36(22-9-13-26-11-3-2-4-12-26,38-34(42-25)27-18-20-28(21-19-27)41-24-10-23-39)35(40)37-33-31-16-7-5-14-29(31)30-15-6-8-17-32(30)33/h2-9,11-21,25,33,39H,10,22-24H2,1H3,(H,37,40)/b13-9+/t25-,36-/m1/s1. The van der Waals surface area contributed by atoms with Gasteiger partial charge in [-0.3, -0.25) is 4.79 Å². The van der Waals surface area contributed by atoms with Crippen molar-refractivity contribution in [2.45, 2.75) is 37.5 Å². The van der Waals surface area contributed by atoms with Crippen molar-refractivity contribution in [1.82, 2.24) is 5.32 Å². The van der Waals surface area contributed by atoms with E-state index in [4.69, 9.17) is 19.6 Å². The van der Waals surface area contributed by atoms with Gasteiger partial charge in [-0.05, 0) is 59.0 Å². The molecule has 4 aromatic rings. The minimum atomic E-state index is -1.16. The molecule has 0 fully saturated rings. The number of benzene rings is 4. The van der Waals surface area contributed by atoms with E-state index in [0.717, 1.165) is 33.4 Å². The smallest absolute Gasteiger partial charge is 0.253 e. The lowest BCUT2D eigenvalue weighted by Crippen LogP contribution is -2.51. The highest BCUT2D eigenvalue weighted by atomic mass is 16.5. The highest BCUT2D eigenvalue weighted by molar-refractivity contribution is 6.01. The van der Waals surface area contributed by atoms with Crippen molar-refractivity contribution in [3.63, 3.8) is 0 Å². The predicted octanol–water partition coefficient (Wildman–Crippen LogP) is 6.34. The van der Waals surface area contributed by atoms with Crippen LogP contribution in [-0.4, -0.2) is 41.8 Å². The summed E-state index contributed by atoms with van der Waals surface area (Å²) in [5.41, 5.74) is 5.09. The molecule has 0 saturated heterocycles.